The third-order valence-electron chi connectivity index (χ3n) is 6.64. The van der Waals surface area contributed by atoms with Crippen molar-refractivity contribution in [2.45, 2.75) is 76.2 Å². The molecule has 2 heteroatoms. The van der Waals surface area contributed by atoms with Crippen molar-refractivity contribution in [3.63, 3.8) is 0 Å². The molecular formula is C23H33NO. The average Bonchev–Trinajstić information content (AvgIpc) is 3.28. The average molecular weight is 340 g/mol. The Bertz CT molecular complexity index is 615. The minimum atomic E-state index is 0.273. The minimum Gasteiger partial charge on any atom is -0.364 e. The Morgan fingerprint density at radius 1 is 1.28 bits per heavy atom. The summed E-state index contributed by atoms with van der Waals surface area (Å²) in [5, 5.41) is 3.60. The fraction of sp³-hybridized carbons (Fsp3) is 0.652. The van der Waals surface area contributed by atoms with Gasteiger partial charge in [0.15, 0.2) is 0 Å². The zero-order valence-corrected chi connectivity index (χ0v) is 15.7. The second-order valence-corrected chi connectivity index (χ2v) is 8.49. The van der Waals surface area contributed by atoms with Crippen molar-refractivity contribution in [3.05, 3.63) is 47.0 Å². The fourth-order valence-electron chi connectivity index (χ4n) is 5.04. The molecule has 0 bridgehead atoms. The van der Waals surface area contributed by atoms with Crippen LogP contribution in [0.4, 0.5) is 0 Å². The monoisotopic (exact) mass is 339 g/mol. The standard InChI is InChI=1S/C23H33NO/c1-2-3-4-5-6-18-7-8-20-14-21(10-9-19(20)13-18)22-11-12-23(15-22)16-25-17-24-23/h5-6,9-10,14,18,22,24H,2-4,7-8,11-13,15-17H2,1H3/b6-5+/t18-,22?,23-/m1/s1. The molecule has 0 aromatic heterocycles. The molecule has 1 saturated heterocycles. The Morgan fingerprint density at radius 3 is 3.08 bits per heavy atom. The zero-order valence-electron chi connectivity index (χ0n) is 15.7. The molecule has 0 radical (unpaired) electrons. The Hall–Kier alpha value is -1.12. The number of nitrogens with one attached hydrogen (secondary N) is 1. The van der Waals surface area contributed by atoms with Gasteiger partial charge in [-0.05, 0) is 73.5 Å². The SMILES string of the molecule is CCCC/C=C/[C@@H]1CCc2cc(C3CC[C@]4(COCN4)C3)ccc2C1. The molecule has 1 aromatic carbocycles. The highest BCUT2D eigenvalue weighted by atomic mass is 16.5. The molecule has 3 atom stereocenters. The lowest BCUT2D eigenvalue weighted by atomic mass is 9.81. The van der Waals surface area contributed by atoms with E-state index in [0.29, 0.717) is 5.92 Å². The first-order valence-electron chi connectivity index (χ1n) is 10.4. The van der Waals surface area contributed by atoms with E-state index in [-0.39, 0.29) is 5.54 Å². The van der Waals surface area contributed by atoms with Crippen LogP contribution in [-0.4, -0.2) is 18.9 Å². The van der Waals surface area contributed by atoms with Crippen molar-refractivity contribution in [3.8, 4) is 0 Å². The summed E-state index contributed by atoms with van der Waals surface area (Å²) in [5.74, 6) is 1.47. The van der Waals surface area contributed by atoms with Gasteiger partial charge in [-0.2, -0.15) is 0 Å². The molecule has 2 fully saturated rings. The molecule has 1 N–H and O–H groups in total. The van der Waals surface area contributed by atoms with E-state index in [4.69, 9.17) is 4.74 Å². The summed E-state index contributed by atoms with van der Waals surface area (Å²) < 4.78 is 5.60. The fourth-order valence-corrected chi connectivity index (χ4v) is 5.04. The summed E-state index contributed by atoms with van der Waals surface area (Å²) in [7, 11) is 0. The van der Waals surface area contributed by atoms with E-state index in [9.17, 15) is 0 Å². The first kappa shape index (κ1) is 17.3. The van der Waals surface area contributed by atoms with Crippen LogP contribution >= 0.6 is 0 Å². The van der Waals surface area contributed by atoms with Crippen LogP contribution in [0.25, 0.3) is 0 Å². The highest BCUT2D eigenvalue weighted by Gasteiger charge is 2.42. The molecule has 3 aliphatic rings. The largest absolute Gasteiger partial charge is 0.364 e. The molecule has 0 amide bonds. The summed E-state index contributed by atoms with van der Waals surface area (Å²) >= 11 is 0. The number of allylic oxidation sites excluding steroid dienone is 2. The summed E-state index contributed by atoms with van der Waals surface area (Å²) in [4.78, 5) is 0. The predicted molar refractivity (Wildman–Crippen MR) is 104 cm³/mol. The van der Waals surface area contributed by atoms with Gasteiger partial charge in [-0.25, -0.2) is 0 Å². The van der Waals surface area contributed by atoms with Crippen LogP contribution in [0, 0.1) is 5.92 Å². The molecule has 1 unspecified atom stereocenters. The van der Waals surface area contributed by atoms with Crippen LogP contribution in [0.15, 0.2) is 30.4 Å². The van der Waals surface area contributed by atoms with Crippen LogP contribution in [0.3, 0.4) is 0 Å². The predicted octanol–water partition coefficient (Wildman–Crippen LogP) is 5.12. The maximum atomic E-state index is 5.60. The molecule has 25 heavy (non-hydrogen) atoms. The number of unbranched alkanes of at least 4 members (excludes halogenated alkanes) is 2. The number of rotatable bonds is 5. The molecule has 1 spiro atoms. The van der Waals surface area contributed by atoms with E-state index >= 15 is 0 Å². The van der Waals surface area contributed by atoms with Crippen LogP contribution in [-0.2, 0) is 17.6 Å². The molecule has 1 aliphatic heterocycles. The van der Waals surface area contributed by atoms with Gasteiger partial charge in [0, 0.05) is 5.54 Å². The lowest BCUT2D eigenvalue weighted by Crippen LogP contribution is -2.39. The van der Waals surface area contributed by atoms with Crippen molar-refractivity contribution in [1.29, 1.82) is 0 Å². The number of fused-ring (bicyclic) bond motifs is 1. The molecule has 1 heterocycles. The molecule has 2 nitrogen and oxygen atoms in total. The van der Waals surface area contributed by atoms with Crippen molar-refractivity contribution >= 4 is 0 Å². The van der Waals surface area contributed by atoms with Gasteiger partial charge >= 0.3 is 0 Å². The number of hydrogen-bond acceptors (Lipinski definition) is 2. The zero-order chi connectivity index (χ0) is 17.1. The van der Waals surface area contributed by atoms with Gasteiger partial charge in [-0.15, -0.1) is 0 Å². The van der Waals surface area contributed by atoms with Crippen LogP contribution in [0.2, 0.25) is 0 Å². The highest BCUT2D eigenvalue weighted by Crippen LogP contribution is 2.43. The summed E-state index contributed by atoms with van der Waals surface area (Å²) in [6, 6.07) is 7.38. The van der Waals surface area contributed by atoms with Crippen molar-refractivity contribution < 1.29 is 4.74 Å². The van der Waals surface area contributed by atoms with E-state index in [1.165, 1.54) is 57.8 Å². The maximum absolute atomic E-state index is 5.60. The smallest absolute Gasteiger partial charge is 0.0971 e. The Morgan fingerprint density at radius 2 is 2.24 bits per heavy atom. The van der Waals surface area contributed by atoms with E-state index in [1.54, 1.807) is 16.7 Å². The number of hydrogen-bond donors (Lipinski definition) is 1. The quantitative estimate of drug-likeness (QED) is 0.594. The Kier molecular flexibility index (Phi) is 5.28. The van der Waals surface area contributed by atoms with Gasteiger partial charge in [-0.3, -0.25) is 5.32 Å². The topological polar surface area (TPSA) is 21.3 Å². The second-order valence-electron chi connectivity index (χ2n) is 8.49. The van der Waals surface area contributed by atoms with Crippen molar-refractivity contribution in [1.82, 2.24) is 5.32 Å². The van der Waals surface area contributed by atoms with Crippen LogP contribution < -0.4 is 5.32 Å². The lowest BCUT2D eigenvalue weighted by molar-refractivity contribution is 0.177. The Labute approximate surface area is 153 Å². The summed E-state index contributed by atoms with van der Waals surface area (Å²) in [6.07, 6.45) is 16.4. The van der Waals surface area contributed by atoms with Gasteiger partial charge in [0.05, 0.1) is 13.3 Å². The molecule has 2 aliphatic carbocycles. The Balaban J connectivity index is 1.39. The normalized spacial score (nSPS) is 31.9. The maximum Gasteiger partial charge on any atom is 0.0971 e. The number of ether oxygens (including phenoxy) is 1. The number of aryl methyl sites for hydroxylation is 1. The van der Waals surface area contributed by atoms with Gasteiger partial charge in [-0.1, -0.05) is 50.1 Å². The summed E-state index contributed by atoms with van der Waals surface area (Å²) in [6.45, 7) is 3.91. The first-order valence-corrected chi connectivity index (χ1v) is 10.4. The summed E-state index contributed by atoms with van der Waals surface area (Å²) in [5.41, 5.74) is 5.05. The van der Waals surface area contributed by atoms with E-state index in [0.717, 1.165) is 19.3 Å². The third-order valence-corrected chi connectivity index (χ3v) is 6.64. The van der Waals surface area contributed by atoms with Crippen LogP contribution in [0.1, 0.15) is 74.5 Å². The van der Waals surface area contributed by atoms with Gasteiger partial charge < -0.3 is 4.74 Å². The molecule has 1 saturated carbocycles. The second kappa shape index (κ2) is 7.63. The van der Waals surface area contributed by atoms with Crippen molar-refractivity contribution in [2.75, 3.05) is 13.3 Å². The minimum absolute atomic E-state index is 0.273. The molecule has 136 valence electrons. The van der Waals surface area contributed by atoms with Gasteiger partial charge in [0.2, 0.25) is 0 Å². The first-order chi connectivity index (χ1) is 12.3. The van der Waals surface area contributed by atoms with Crippen molar-refractivity contribution in [2.24, 2.45) is 5.92 Å². The van der Waals surface area contributed by atoms with Gasteiger partial charge in [0.25, 0.3) is 0 Å². The molecule has 4 rings (SSSR count). The highest BCUT2D eigenvalue weighted by molar-refractivity contribution is 5.37. The van der Waals surface area contributed by atoms with Crippen LogP contribution in [0.5, 0.6) is 0 Å². The van der Waals surface area contributed by atoms with Gasteiger partial charge in [0.1, 0.15) is 0 Å². The number of benzene rings is 1. The molecular weight excluding hydrogens is 306 g/mol. The van der Waals surface area contributed by atoms with E-state index in [1.807, 2.05) is 0 Å². The van der Waals surface area contributed by atoms with E-state index < -0.39 is 0 Å². The third kappa shape index (κ3) is 3.85. The lowest BCUT2D eigenvalue weighted by Gasteiger charge is -2.25. The van der Waals surface area contributed by atoms with E-state index in [2.05, 4.69) is 42.6 Å². The molecule has 1 aromatic rings.